The van der Waals surface area contributed by atoms with Gasteiger partial charge in [0.05, 0.1) is 23.3 Å². The molecule has 1 amide bonds. The standard InChI is InChI=1S/C26H23N5OS/c32-24(29-16-8-12-20-11-4-5-13-21(20)29)18-33-26-28-27-25-30(17-19-9-2-1-3-10-19)22-14-6-7-15-23(22)31(25)26/h1-7,9-11,13-15H,8,12,16-18H2. The van der Waals surface area contributed by atoms with E-state index >= 15 is 0 Å². The maximum absolute atomic E-state index is 13.1. The van der Waals surface area contributed by atoms with E-state index in [2.05, 4.69) is 49.5 Å². The number of amides is 1. The average Bonchev–Trinajstić information content (AvgIpc) is 3.42. The summed E-state index contributed by atoms with van der Waals surface area (Å²) in [6, 6.07) is 26.8. The maximum atomic E-state index is 13.1. The first-order valence-corrected chi connectivity index (χ1v) is 12.2. The number of thioether (sulfide) groups is 1. The fourth-order valence-electron chi connectivity index (χ4n) is 4.65. The van der Waals surface area contributed by atoms with E-state index in [9.17, 15) is 4.79 Å². The second kappa shape index (κ2) is 8.41. The van der Waals surface area contributed by atoms with E-state index in [-0.39, 0.29) is 5.91 Å². The van der Waals surface area contributed by atoms with E-state index in [4.69, 9.17) is 0 Å². The summed E-state index contributed by atoms with van der Waals surface area (Å²) in [4.78, 5) is 15.1. The number of hydrogen-bond donors (Lipinski definition) is 0. The van der Waals surface area contributed by atoms with Gasteiger partial charge in [0.1, 0.15) is 0 Å². The van der Waals surface area contributed by atoms with Gasteiger partial charge in [0, 0.05) is 12.2 Å². The molecule has 0 saturated carbocycles. The molecule has 33 heavy (non-hydrogen) atoms. The molecule has 0 unspecified atom stereocenters. The van der Waals surface area contributed by atoms with E-state index in [0.29, 0.717) is 12.3 Å². The number of fused-ring (bicyclic) bond motifs is 4. The van der Waals surface area contributed by atoms with Gasteiger partial charge in [-0.2, -0.15) is 0 Å². The van der Waals surface area contributed by atoms with Crippen LogP contribution in [0.3, 0.4) is 0 Å². The molecule has 164 valence electrons. The van der Waals surface area contributed by atoms with Crippen LogP contribution >= 0.6 is 11.8 Å². The Kier molecular flexibility index (Phi) is 5.11. The van der Waals surface area contributed by atoms with Crippen LogP contribution in [0.15, 0.2) is 84.0 Å². The monoisotopic (exact) mass is 453 g/mol. The van der Waals surface area contributed by atoms with Gasteiger partial charge in [-0.15, -0.1) is 10.2 Å². The summed E-state index contributed by atoms with van der Waals surface area (Å²) in [5.74, 6) is 1.23. The van der Waals surface area contributed by atoms with Gasteiger partial charge in [-0.05, 0) is 42.2 Å². The molecule has 2 aromatic heterocycles. The topological polar surface area (TPSA) is 55.4 Å². The first kappa shape index (κ1) is 20.1. The molecule has 0 spiro atoms. The van der Waals surface area contributed by atoms with Crippen LogP contribution in [-0.4, -0.2) is 37.4 Å². The van der Waals surface area contributed by atoms with Crippen LogP contribution in [0, 0.1) is 0 Å². The van der Waals surface area contributed by atoms with Crippen molar-refractivity contribution in [1.82, 2.24) is 19.2 Å². The van der Waals surface area contributed by atoms with Crippen LogP contribution in [0.25, 0.3) is 16.8 Å². The molecule has 3 aromatic carbocycles. The van der Waals surface area contributed by atoms with Gasteiger partial charge < -0.3 is 9.47 Å². The highest BCUT2D eigenvalue weighted by molar-refractivity contribution is 7.99. The van der Waals surface area contributed by atoms with Crippen molar-refractivity contribution in [3.05, 3.63) is 90.0 Å². The Morgan fingerprint density at radius 3 is 2.52 bits per heavy atom. The zero-order chi connectivity index (χ0) is 22.2. The predicted octanol–water partition coefficient (Wildman–Crippen LogP) is 4.80. The van der Waals surface area contributed by atoms with E-state index < -0.39 is 0 Å². The Morgan fingerprint density at radius 2 is 1.64 bits per heavy atom. The Morgan fingerprint density at radius 1 is 0.879 bits per heavy atom. The first-order chi connectivity index (χ1) is 16.3. The maximum Gasteiger partial charge on any atom is 0.237 e. The lowest BCUT2D eigenvalue weighted by molar-refractivity contribution is -0.116. The predicted molar refractivity (Wildman–Crippen MR) is 132 cm³/mol. The molecule has 6 nitrogen and oxygen atoms in total. The van der Waals surface area contributed by atoms with Gasteiger partial charge >= 0.3 is 0 Å². The lowest BCUT2D eigenvalue weighted by Crippen LogP contribution is -2.36. The Balaban J connectivity index is 1.31. The summed E-state index contributed by atoms with van der Waals surface area (Å²) in [5, 5.41) is 9.70. The van der Waals surface area contributed by atoms with Crippen molar-refractivity contribution in [2.24, 2.45) is 0 Å². The highest BCUT2D eigenvalue weighted by atomic mass is 32.2. The number of aromatic nitrogens is 4. The first-order valence-electron chi connectivity index (χ1n) is 11.2. The molecular weight excluding hydrogens is 430 g/mol. The number of imidazole rings is 1. The minimum absolute atomic E-state index is 0.108. The summed E-state index contributed by atoms with van der Waals surface area (Å²) in [6.45, 7) is 1.48. The van der Waals surface area contributed by atoms with Gasteiger partial charge in [-0.3, -0.25) is 9.20 Å². The van der Waals surface area contributed by atoms with E-state index in [1.54, 1.807) is 0 Å². The number of carbonyl (C=O) groups excluding carboxylic acids is 1. The Labute approximate surface area is 195 Å². The molecule has 1 aliphatic rings. The third kappa shape index (κ3) is 3.58. The zero-order valence-electron chi connectivity index (χ0n) is 18.1. The van der Waals surface area contributed by atoms with Crippen LogP contribution in [0.2, 0.25) is 0 Å². The largest absolute Gasteiger partial charge is 0.311 e. The highest BCUT2D eigenvalue weighted by Crippen LogP contribution is 2.30. The van der Waals surface area contributed by atoms with E-state index in [1.165, 1.54) is 22.9 Å². The van der Waals surface area contributed by atoms with E-state index in [1.807, 2.05) is 53.4 Å². The molecule has 1 aliphatic heterocycles. The minimum atomic E-state index is 0.108. The molecule has 0 fully saturated rings. The van der Waals surface area contributed by atoms with Gasteiger partial charge in [0.25, 0.3) is 0 Å². The smallest absolute Gasteiger partial charge is 0.237 e. The summed E-state index contributed by atoms with van der Waals surface area (Å²) < 4.78 is 4.25. The molecule has 0 aliphatic carbocycles. The fourth-order valence-corrected chi connectivity index (χ4v) is 5.47. The minimum Gasteiger partial charge on any atom is -0.311 e. The van der Waals surface area contributed by atoms with Gasteiger partial charge in [-0.1, -0.05) is 72.4 Å². The van der Waals surface area contributed by atoms with Crippen molar-refractivity contribution in [3.8, 4) is 0 Å². The summed E-state index contributed by atoms with van der Waals surface area (Å²) in [5.41, 5.74) is 5.64. The van der Waals surface area contributed by atoms with Crippen molar-refractivity contribution >= 4 is 40.2 Å². The number of benzene rings is 3. The number of aryl methyl sites for hydroxylation is 1. The fraction of sp³-hybridized carbons (Fsp3) is 0.192. The zero-order valence-corrected chi connectivity index (χ0v) is 18.9. The summed E-state index contributed by atoms with van der Waals surface area (Å²) in [6.07, 6.45) is 2.02. The molecule has 0 saturated heterocycles. The van der Waals surface area contributed by atoms with Crippen molar-refractivity contribution in [1.29, 1.82) is 0 Å². The van der Waals surface area contributed by atoms with Crippen molar-refractivity contribution in [3.63, 3.8) is 0 Å². The molecular formula is C26H23N5OS. The van der Waals surface area contributed by atoms with Crippen molar-refractivity contribution < 1.29 is 4.79 Å². The Hall–Kier alpha value is -3.58. The lowest BCUT2D eigenvalue weighted by Gasteiger charge is -2.29. The number of carbonyl (C=O) groups is 1. The number of hydrogen-bond acceptors (Lipinski definition) is 4. The SMILES string of the molecule is O=C(CSc1nnc2n(Cc3ccccc3)c3ccccc3n12)N1CCCc2ccccc21. The van der Waals surface area contributed by atoms with E-state index in [0.717, 1.165) is 47.0 Å². The summed E-state index contributed by atoms with van der Waals surface area (Å²) in [7, 11) is 0. The van der Waals surface area contributed by atoms with Crippen LogP contribution in [0.1, 0.15) is 17.5 Å². The second-order valence-electron chi connectivity index (χ2n) is 8.24. The van der Waals surface area contributed by atoms with Gasteiger partial charge in [0.15, 0.2) is 5.16 Å². The number of rotatable bonds is 5. The normalized spacial score (nSPS) is 13.5. The van der Waals surface area contributed by atoms with Crippen molar-refractivity contribution in [2.75, 3.05) is 17.2 Å². The summed E-state index contributed by atoms with van der Waals surface area (Å²) >= 11 is 1.45. The quantitative estimate of drug-likeness (QED) is 0.359. The molecule has 0 atom stereocenters. The molecule has 5 aromatic rings. The third-order valence-electron chi connectivity index (χ3n) is 6.19. The Bertz CT molecular complexity index is 1460. The van der Waals surface area contributed by atoms with Crippen LogP contribution < -0.4 is 4.90 Å². The van der Waals surface area contributed by atoms with Crippen LogP contribution in [0.5, 0.6) is 0 Å². The highest BCUT2D eigenvalue weighted by Gasteiger charge is 2.24. The number of nitrogens with zero attached hydrogens (tertiary/aromatic N) is 5. The van der Waals surface area contributed by atoms with Gasteiger partial charge in [-0.25, -0.2) is 0 Å². The average molecular weight is 454 g/mol. The lowest BCUT2D eigenvalue weighted by atomic mass is 10.0. The number of anilines is 1. The number of para-hydroxylation sites is 3. The van der Waals surface area contributed by atoms with Crippen LogP contribution in [-0.2, 0) is 17.8 Å². The molecule has 0 bridgehead atoms. The molecule has 0 N–H and O–H groups in total. The molecule has 6 rings (SSSR count). The molecule has 7 heteroatoms. The molecule has 0 radical (unpaired) electrons. The van der Waals surface area contributed by atoms with Crippen molar-refractivity contribution in [2.45, 2.75) is 24.5 Å². The second-order valence-corrected chi connectivity index (χ2v) is 9.19. The van der Waals surface area contributed by atoms with Gasteiger partial charge in [0.2, 0.25) is 11.7 Å². The third-order valence-corrected chi connectivity index (χ3v) is 7.10. The van der Waals surface area contributed by atoms with Crippen LogP contribution in [0.4, 0.5) is 5.69 Å². The molecule has 3 heterocycles.